The Morgan fingerprint density at radius 2 is 2.14 bits per heavy atom. The molecule has 2 saturated carbocycles. The highest BCUT2D eigenvalue weighted by Crippen LogP contribution is 2.31. The van der Waals surface area contributed by atoms with Gasteiger partial charge in [0.05, 0.1) is 17.4 Å². The Morgan fingerprint density at radius 1 is 1.29 bits per heavy atom. The van der Waals surface area contributed by atoms with Crippen molar-refractivity contribution in [3.05, 3.63) is 41.9 Å². The molecule has 0 aromatic carbocycles. The van der Waals surface area contributed by atoms with E-state index < -0.39 is 0 Å². The van der Waals surface area contributed by atoms with Gasteiger partial charge in [0.1, 0.15) is 11.9 Å². The zero-order chi connectivity index (χ0) is 19.1. The van der Waals surface area contributed by atoms with Gasteiger partial charge >= 0.3 is 0 Å². The van der Waals surface area contributed by atoms with Gasteiger partial charge in [-0.2, -0.15) is 5.10 Å². The van der Waals surface area contributed by atoms with E-state index in [1.54, 1.807) is 6.20 Å². The van der Waals surface area contributed by atoms with Crippen LogP contribution < -0.4 is 10.1 Å². The standard InChI is InChI=1S/C21H23N5O2/c1-13-9-14(10-23-21(13)28-16-3-2-4-16)11-26-12-17-18(25-26)7-8-22-19(17)24-20(27)15-5-6-15/h7-10,12,15-16H,2-6,11H2,1H3,(H,22,24,27). The molecule has 0 saturated heterocycles. The summed E-state index contributed by atoms with van der Waals surface area (Å²) in [6.07, 6.45) is 11.2. The molecule has 3 aromatic heterocycles. The number of carbonyl (C=O) groups is 1. The molecule has 0 radical (unpaired) electrons. The lowest BCUT2D eigenvalue weighted by Gasteiger charge is -2.26. The number of carbonyl (C=O) groups excluding carboxylic acids is 1. The van der Waals surface area contributed by atoms with Gasteiger partial charge in [0.25, 0.3) is 0 Å². The third kappa shape index (κ3) is 3.44. The predicted octanol–water partition coefficient (Wildman–Crippen LogP) is 3.46. The molecule has 0 spiro atoms. The number of rotatable bonds is 6. The molecule has 2 aliphatic carbocycles. The van der Waals surface area contributed by atoms with Gasteiger partial charge in [0, 0.05) is 30.1 Å². The number of fused-ring (bicyclic) bond motifs is 1. The summed E-state index contributed by atoms with van der Waals surface area (Å²) >= 11 is 0. The summed E-state index contributed by atoms with van der Waals surface area (Å²) in [4.78, 5) is 20.9. The van der Waals surface area contributed by atoms with Gasteiger partial charge in [-0.1, -0.05) is 0 Å². The maximum absolute atomic E-state index is 12.1. The van der Waals surface area contributed by atoms with Crippen LogP contribution in [-0.4, -0.2) is 31.8 Å². The zero-order valence-corrected chi connectivity index (χ0v) is 15.9. The van der Waals surface area contributed by atoms with E-state index in [9.17, 15) is 4.79 Å². The average molecular weight is 377 g/mol. The van der Waals surface area contributed by atoms with Crippen LogP contribution in [0.4, 0.5) is 5.82 Å². The molecule has 0 unspecified atom stereocenters. The summed E-state index contributed by atoms with van der Waals surface area (Å²) < 4.78 is 7.79. The minimum absolute atomic E-state index is 0.0506. The van der Waals surface area contributed by atoms with Crippen LogP contribution in [0.15, 0.2) is 30.7 Å². The van der Waals surface area contributed by atoms with Crippen molar-refractivity contribution in [1.82, 2.24) is 19.7 Å². The van der Waals surface area contributed by atoms with Crippen LogP contribution in [0.1, 0.15) is 43.2 Å². The van der Waals surface area contributed by atoms with E-state index in [1.165, 1.54) is 6.42 Å². The molecular formula is C21H23N5O2. The van der Waals surface area contributed by atoms with Crippen LogP contribution in [0.25, 0.3) is 10.9 Å². The number of nitrogens with one attached hydrogen (secondary N) is 1. The highest BCUT2D eigenvalue weighted by atomic mass is 16.5. The number of anilines is 1. The van der Waals surface area contributed by atoms with Crippen LogP contribution in [0.3, 0.4) is 0 Å². The summed E-state index contributed by atoms with van der Waals surface area (Å²) in [6.45, 7) is 2.63. The van der Waals surface area contributed by atoms with Gasteiger partial charge in [-0.3, -0.25) is 9.48 Å². The first-order valence-electron chi connectivity index (χ1n) is 9.91. The van der Waals surface area contributed by atoms with E-state index in [4.69, 9.17) is 4.74 Å². The topological polar surface area (TPSA) is 81.9 Å². The first-order valence-corrected chi connectivity index (χ1v) is 9.91. The van der Waals surface area contributed by atoms with E-state index in [1.807, 2.05) is 30.1 Å². The highest BCUT2D eigenvalue weighted by molar-refractivity contribution is 6.00. The summed E-state index contributed by atoms with van der Waals surface area (Å²) in [5, 5.41) is 8.42. The molecule has 1 N–H and O–H groups in total. The fourth-order valence-corrected chi connectivity index (χ4v) is 3.40. The summed E-state index contributed by atoms with van der Waals surface area (Å²) in [7, 11) is 0. The quantitative estimate of drug-likeness (QED) is 0.711. The maximum Gasteiger partial charge on any atom is 0.228 e. The number of aromatic nitrogens is 4. The van der Waals surface area contributed by atoms with Crippen LogP contribution in [-0.2, 0) is 11.3 Å². The lowest BCUT2D eigenvalue weighted by Crippen LogP contribution is -2.25. The second-order valence-corrected chi connectivity index (χ2v) is 7.82. The molecule has 3 heterocycles. The fraction of sp³-hybridized carbons (Fsp3) is 0.429. The van der Waals surface area contributed by atoms with Crippen molar-refractivity contribution >= 4 is 22.6 Å². The largest absolute Gasteiger partial charge is 0.474 e. The molecule has 5 rings (SSSR count). The van der Waals surface area contributed by atoms with Gasteiger partial charge < -0.3 is 10.1 Å². The SMILES string of the molecule is Cc1cc(Cn2cc3c(NC(=O)C4CC4)nccc3n2)cnc1OC1CCC1. The molecule has 2 aliphatic rings. The van der Waals surface area contributed by atoms with Gasteiger partial charge in [-0.25, -0.2) is 9.97 Å². The van der Waals surface area contributed by atoms with E-state index in [-0.39, 0.29) is 11.8 Å². The fourth-order valence-electron chi connectivity index (χ4n) is 3.40. The van der Waals surface area contributed by atoms with E-state index in [0.717, 1.165) is 53.6 Å². The number of aryl methyl sites for hydroxylation is 1. The van der Waals surface area contributed by atoms with Crippen LogP contribution in [0.2, 0.25) is 0 Å². The molecular weight excluding hydrogens is 354 g/mol. The van der Waals surface area contributed by atoms with Crippen molar-refractivity contribution in [1.29, 1.82) is 0 Å². The Morgan fingerprint density at radius 3 is 2.86 bits per heavy atom. The first-order chi connectivity index (χ1) is 13.7. The summed E-state index contributed by atoms with van der Waals surface area (Å²) in [5.74, 6) is 1.50. The Balaban J connectivity index is 1.34. The zero-order valence-electron chi connectivity index (χ0n) is 15.9. The van der Waals surface area contributed by atoms with Crippen LogP contribution in [0.5, 0.6) is 5.88 Å². The number of hydrogen-bond acceptors (Lipinski definition) is 5. The van der Waals surface area contributed by atoms with Crippen LogP contribution in [0, 0.1) is 12.8 Å². The van der Waals surface area contributed by atoms with Crippen LogP contribution >= 0.6 is 0 Å². The number of pyridine rings is 2. The van der Waals surface area contributed by atoms with Gasteiger partial charge in [-0.05, 0) is 56.7 Å². The minimum atomic E-state index is 0.0506. The monoisotopic (exact) mass is 377 g/mol. The smallest absolute Gasteiger partial charge is 0.228 e. The normalized spacial score (nSPS) is 16.8. The van der Waals surface area contributed by atoms with E-state index in [2.05, 4.69) is 26.4 Å². The minimum Gasteiger partial charge on any atom is -0.474 e. The Hall–Kier alpha value is -2.96. The summed E-state index contributed by atoms with van der Waals surface area (Å²) in [5.41, 5.74) is 2.92. The lowest BCUT2D eigenvalue weighted by molar-refractivity contribution is -0.117. The third-order valence-electron chi connectivity index (χ3n) is 5.43. The molecule has 0 atom stereocenters. The Bertz CT molecular complexity index is 1040. The van der Waals surface area contributed by atoms with E-state index >= 15 is 0 Å². The van der Waals surface area contributed by atoms with Crippen molar-refractivity contribution in [3.63, 3.8) is 0 Å². The number of hydrogen-bond donors (Lipinski definition) is 1. The average Bonchev–Trinajstić information content (AvgIpc) is 3.40. The Labute approximate surface area is 163 Å². The highest BCUT2D eigenvalue weighted by Gasteiger charge is 2.30. The van der Waals surface area contributed by atoms with Gasteiger partial charge in [0.2, 0.25) is 11.8 Å². The lowest BCUT2D eigenvalue weighted by atomic mass is 9.96. The van der Waals surface area contributed by atoms with Crippen molar-refractivity contribution in [2.45, 2.75) is 51.7 Å². The molecule has 28 heavy (non-hydrogen) atoms. The number of amides is 1. The second-order valence-electron chi connectivity index (χ2n) is 7.82. The first kappa shape index (κ1) is 17.2. The van der Waals surface area contributed by atoms with Crippen molar-refractivity contribution in [3.8, 4) is 5.88 Å². The molecule has 1 amide bonds. The molecule has 3 aromatic rings. The predicted molar refractivity (Wildman–Crippen MR) is 105 cm³/mol. The van der Waals surface area contributed by atoms with Crippen molar-refractivity contribution in [2.24, 2.45) is 5.92 Å². The van der Waals surface area contributed by atoms with Gasteiger partial charge in [0.15, 0.2) is 0 Å². The molecule has 0 bridgehead atoms. The number of ether oxygens (including phenoxy) is 1. The van der Waals surface area contributed by atoms with E-state index in [0.29, 0.717) is 18.5 Å². The second kappa shape index (κ2) is 6.89. The van der Waals surface area contributed by atoms with Crippen molar-refractivity contribution < 1.29 is 9.53 Å². The third-order valence-corrected chi connectivity index (χ3v) is 5.43. The maximum atomic E-state index is 12.1. The van der Waals surface area contributed by atoms with Crippen molar-refractivity contribution in [2.75, 3.05) is 5.32 Å². The Kier molecular flexibility index (Phi) is 4.22. The molecule has 2 fully saturated rings. The summed E-state index contributed by atoms with van der Waals surface area (Å²) in [6, 6.07) is 3.96. The number of nitrogens with zero attached hydrogens (tertiary/aromatic N) is 4. The molecule has 144 valence electrons. The molecule has 7 heteroatoms. The molecule has 7 nitrogen and oxygen atoms in total. The molecule has 0 aliphatic heterocycles. The van der Waals surface area contributed by atoms with Gasteiger partial charge in [-0.15, -0.1) is 0 Å².